The number of nitrogens with two attached hydrogens (primary N) is 2. The second kappa shape index (κ2) is 6.70. The van der Waals surface area contributed by atoms with Gasteiger partial charge in [0.25, 0.3) is 0 Å². The molecule has 0 aliphatic carbocycles. The van der Waals surface area contributed by atoms with E-state index in [0.717, 1.165) is 17.3 Å². The number of benzene rings is 1. The van der Waals surface area contributed by atoms with Crippen molar-refractivity contribution < 1.29 is 4.79 Å². The number of carbonyl (C=O) groups is 1. The minimum absolute atomic E-state index is 0.0595. The molecule has 1 aromatic carbocycles. The molecule has 1 aliphatic rings. The van der Waals surface area contributed by atoms with E-state index in [1.165, 1.54) is 5.56 Å². The van der Waals surface area contributed by atoms with E-state index < -0.39 is 0 Å². The highest BCUT2D eigenvalue weighted by atomic mass is 79.9. The van der Waals surface area contributed by atoms with Crippen molar-refractivity contribution in [2.24, 2.45) is 17.4 Å². The Bertz CT molecular complexity index is 463. The molecule has 1 saturated heterocycles. The Hall–Kier alpha value is -0.910. The van der Waals surface area contributed by atoms with Crippen LogP contribution in [0.4, 0.5) is 0 Å². The van der Waals surface area contributed by atoms with Crippen LogP contribution in [0.1, 0.15) is 31.4 Å². The molecule has 4 N–H and O–H groups in total. The van der Waals surface area contributed by atoms with Crippen LogP contribution in [0.3, 0.4) is 0 Å². The molecule has 5 heteroatoms. The molecule has 110 valence electrons. The molecule has 1 aliphatic heterocycles. The Labute approximate surface area is 128 Å². The van der Waals surface area contributed by atoms with Crippen molar-refractivity contribution in [3.8, 4) is 0 Å². The molecule has 0 saturated carbocycles. The highest BCUT2D eigenvalue weighted by Crippen LogP contribution is 2.30. The third-order valence-electron chi connectivity index (χ3n) is 4.21. The summed E-state index contributed by atoms with van der Waals surface area (Å²) in [6, 6.07) is 8.78. The van der Waals surface area contributed by atoms with Crippen LogP contribution in [0.25, 0.3) is 0 Å². The van der Waals surface area contributed by atoms with Gasteiger partial charge in [0.2, 0.25) is 5.91 Å². The van der Waals surface area contributed by atoms with Crippen molar-refractivity contribution in [2.75, 3.05) is 13.1 Å². The topological polar surface area (TPSA) is 72.4 Å². The van der Waals surface area contributed by atoms with Crippen LogP contribution >= 0.6 is 15.9 Å². The largest absolute Gasteiger partial charge is 0.369 e. The first-order chi connectivity index (χ1) is 9.52. The van der Waals surface area contributed by atoms with Gasteiger partial charge in [-0.25, -0.2) is 0 Å². The summed E-state index contributed by atoms with van der Waals surface area (Å²) in [5, 5.41) is 0. The lowest BCUT2D eigenvalue weighted by Gasteiger charge is -2.42. The van der Waals surface area contributed by atoms with Crippen molar-refractivity contribution in [3.05, 3.63) is 34.3 Å². The van der Waals surface area contributed by atoms with E-state index in [9.17, 15) is 4.79 Å². The molecule has 3 unspecified atom stereocenters. The van der Waals surface area contributed by atoms with Gasteiger partial charge in [-0.2, -0.15) is 0 Å². The number of piperidine rings is 1. The van der Waals surface area contributed by atoms with Gasteiger partial charge in [0, 0.05) is 29.6 Å². The number of hydrogen-bond donors (Lipinski definition) is 2. The number of hydrogen-bond acceptors (Lipinski definition) is 3. The number of nitrogens with zero attached hydrogens (tertiary/aromatic N) is 1. The fraction of sp³-hybridized carbons (Fsp3) is 0.533. The molecule has 0 spiro atoms. The number of carbonyl (C=O) groups excluding carboxylic acids is 1. The summed E-state index contributed by atoms with van der Waals surface area (Å²) >= 11 is 3.45. The molecule has 4 nitrogen and oxygen atoms in total. The van der Waals surface area contributed by atoms with Crippen LogP contribution in [-0.2, 0) is 4.79 Å². The standard InChI is InChI=1S/C15H22BrN3O/c1-10-2-3-12(15(18)20)9-19(10)14(8-17)11-4-6-13(16)7-5-11/h4-7,10,12,14H,2-3,8-9,17H2,1H3,(H2,18,20). The molecule has 2 rings (SSSR count). The highest BCUT2D eigenvalue weighted by molar-refractivity contribution is 9.10. The van der Waals surface area contributed by atoms with Crippen LogP contribution < -0.4 is 11.5 Å². The smallest absolute Gasteiger partial charge is 0.221 e. The van der Waals surface area contributed by atoms with Gasteiger partial charge in [0.05, 0.1) is 5.92 Å². The van der Waals surface area contributed by atoms with E-state index in [4.69, 9.17) is 11.5 Å². The van der Waals surface area contributed by atoms with Gasteiger partial charge in [0.1, 0.15) is 0 Å². The third-order valence-corrected chi connectivity index (χ3v) is 4.74. The summed E-state index contributed by atoms with van der Waals surface area (Å²) in [6.45, 7) is 3.44. The van der Waals surface area contributed by atoms with Crippen LogP contribution in [0.15, 0.2) is 28.7 Å². The van der Waals surface area contributed by atoms with E-state index in [0.29, 0.717) is 19.1 Å². The first-order valence-electron chi connectivity index (χ1n) is 7.03. The molecule has 20 heavy (non-hydrogen) atoms. The molecule has 0 radical (unpaired) electrons. The SMILES string of the molecule is CC1CCC(C(N)=O)CN1C(CN)c1ccc(Br)cc1. The molecule has 0 bridgehead atoms. The van der Waals surface area contributed by atoms with Crippen LogP contribution in [0.5, 0.6) is 0 Å². The Morgan fingerprint density at radius 3 is 2.60 bits per heavy atom. The van der Waals surface area contributed by atoms with Crippen LogP contribution in [0, 0.1) is 5.92 Å². The van der Waals surface area contributed by atoms with Gasteiger partial charge >= 0.3 is 0 Å². The van der Waals surface area contributed by atoms with E-state index in [2.05, 4.69) is 39.9 Å². The normalized spacial score (nSPS) is 25.4. The van der Waals surface area contributed by atoms with Crippen molar-refractivity contribution in [2.45, 2.75) is 31.8 Å². The van der Waals surface area contributed by atoms with E-state index in [1.54, 1.807) is 0 Å². The van der Waals surface area contributed by atoms with E-state index in [-0.39, 0.29) is 17.9 Å². The average molecular weight is 340 g/mol. The molecule has 1 aromatic rings. The molecular weight excluding hydrogens is 318 g/mol. The quantitative estimate of drug-likeness (QED) is 0.881. The lowest BCUT2D eigenvalue weighted by molar-refractivity contribution is -0.124. The summed E-state index contributed by atoms with van der Waals surface area (Å²) in [6.07, 6.45) is 1.87. The van der Waals surface area contributed by atoms with E-state index >= 15 is 0 Å². The van der Waals surface area contributed by atoms with Gasteiger partial charge in [-0.1, -0.05) is 28.1 Å². The highest BCUT2D eigenvalue weighted by Gasteiger charge is 2.33. The number of amides is 1. The summed E-state index contributed by atoms with van der Waals surface area (Å²) in [5.74, 6) is -0.260. The average Bonchev–Trinajstić information content (AvgIpc) is 2.43. The van der Waals surface area contributed by atoms with Gasteiger partial charge in [-0.15, -0.1) is 0 Å². The van der Waals surface area contributed by atoms with Crippen molar-refractivity contribution in [1.82, 2.24) is 4.90 Å². The summed E-state index contributed by atoms with van der Waals surface area (Å²) < 4.78 is 1.05. The Morgan fingerprint density at radius 1 is 1.40 bits per heavy atom. The predicted molar refractivity (Wildman–Crippen MR) is 84.0 cm³/mol. The molecule has 0 aromatic heterocycles. The van der Waals surface area contributed by atoms with Gasteiger partial charge in [-0.3, -0.25) is 9.69 Å². The number of primary amides is 1. The Morgan fingerprint density at radius 2 is 2.05 bits per heavy atom. The first kappa shape index (κ1) is 15.5. The minimum Gasteiger partial charge on any atom is -0.369 e. The summed E-state index contributed by atoms with van der Waals surface area (Å²) in [4.78, 5) is 13.8. The number of likely N-dealkylation sites (tertiary alicyclic amines) is 1. The maximum Gasteiger partial charge on any atom is 0.221 e. The van der Waals surface area contributed by atoms with Crippen molar-refractivity contribution in [3.63, 3.8) is 0 Å². The molecule has 3 atom stereocenters. The molecule has 1 heterocycles. The molecular formula is C15H22BrN3O. The van der Waals surface area contributed by atoms with Crippen molar-refractivity contribution in [1.29, 1.82) is 0 Å². The number of rotatable bonds is 4. The monoisotopic (exact) mass is 339 g/mol. The Kier molecular flexibility index (Phi) is 5.18. The predicted octanol–water partition coefficient (Wildman–Crippen LogP) is 2.03. The lowest BCUT2D eigenvalue weighted by Crippen LogP contribution is -2.48. The summed E-state index contributed by atoms with van der Waals surface area (Å²) in [5.41, 5.74) is 12.6. The zero-order valence-electron chi connectivity index (χ0n) is 11.8. The van der Waals surface area contributed by atoms with Crippen LogP contribution in [-0.4, -0.2) is 29.9 Å². The maximum absolute atomic E-state index is 11.5. The summed E-state index contributed by atoms with van der Waals surface area (Å²) in [7, 11) is 0. The van der Waals surface area contributed by atoms with Crippen molar-refractivity contribution >= 4 is 21.8 Å². The van der Waals surface area contributed by atoms with Gasteiger partial charge in [0.15, 0.2) is 0 Å². The Balaban J connectivity index is 2.20. The fourth-order valence-electron chi connectivity index (χ4n) is 2.95. The fourth-order valence-corrected chi connectivity index (χ4v) is 3.21. The first-order valence-corrected chi connectivity index (χ1v) is 7.82. The zero-order valence-corrected chi connectivity index (χ0v) is 13.3. The minimum atomic E-state index is -0.200. The second-order valence-corrected chi connectivity index (χ2v) is 6.44. The number of halogens is 1. The second-order valence-electron chi connectivity index (χ2n) is 5.53. The molecule has 1 fully saturated rings. The molecule has 1 amide bonds. The lowest BCUT2D eigenvalue weighted by atomic mass is 9.90. The van der Waals surface area contributed by atoms with E-state index in [1.807, 2.05) is 12.1 Å². The van der Waals surface area contributed by atoms with Crippen LogP contribution in [0.2, 0.25) is 0 Å². The van der Waals surface area contributed by atoms with Gasteiger partial charge in [-0.05, 0) is 37.5 Å². The van der Waals surface area contributed by atoms with Gasteiger partial charge < -0.3 is 11.5 Å². The third kappa shape index (κ3) is 3.40. The maximum atomic E-state index is 11.5. The zero-order chi connectivity index (χ0) is 14.7.